The molecule has 4 heteroatoms. The van der Waals surface area contributed by atoms with E-state index in [1.807, 2.05) is 11.0 Å². The van der Waals surface area contributed by atoms with Crippen LogP contribution in [0.25, 0.3) is 10.8 Å². The van der Waals surface area contributed by atoms with E-state index in [-0.39, 0.29) is 5.92 Å². The van der Waals surface area contributed by atoms with Crippen molar-refractivity contribution in [1.29, 1.82) is 0 Å². The highest BCUT2D eigenvalue weighted by atomic mass is 16.5. The average Bonchev–Trinajstić information content (AvgIpc) is 2.69. The standard InChI is InChI=1S/C22H30N2O2/c1-4-24(5-2)22(25)18-9-8-14-23(16-18)15-17-12-13-21(26-3)20-11-7-6-10-19(17)20/h6-7,10-13,18H,4-5,8-9,14-16H2,1-3H3. The summed E-state index contributed by atoms with van der Waals surface area (Å²) in [5, 5.41) is 2.39. The van der Waals surface area contributed by atoms with Gasteiger partial charge in [0, 0.05) is 31.6 Å². The van der Waals surface area contributed by atoms with E-state index in [0.29, 0.717) is 5.91 Å². The Hall–Kier alpha value is -2.07. The number of amides is 1. The highest BCUT2D eigenvalue weighted by molar-refractivity contribution is 5.91. The monoisotopic (exact) mass is 354 g/mol. The summed E-state index contributed by atoms with van der Waals surface area (Å²) in [6.45, 7) is 8.52. The number of piperidine rings is 1. The van der Waals surface area contributed by atoms with Crippen LogP contribution < -0.4 is 4.74 Å². The smallest absolute Gasteiger partial charge is 0.226 e. The lowest BCUT2D eigenvalue weighted by Crippen LogP contribution is -2.44. The first-order chi connectivity index (χ1) is 12.7. The minimum absolute atomic E-state index is 0.133. The molecule has 2 aromatic carbocycles. The van der Waals surface area contributed by atoms with Crippen molar-refractivity contribution in [1.82, 2.24) is 9.80 Å². The molecule has 1 unspecified atom stereocenters. The molecule has 0 saturated carbocycles. The van der Waals surface area contributed by atoms with Crippen LogP contribution in [0.15, 0.2) is 36.4 Å². The molecule has 2 aromatic rings. The second-order valence-electron chi connectivity index (χ2n) is 7.06. The molecule has 1 aliphatic rings. The Bertz CT molecular complexity index is 755. The zero-order valence-corrected chi connectivity index (χ0v) is 16.2. The number of fused-ring (bicyclic) bond motifs is 1. The lowest BCUT2D eigenvalue weighted by atomic mass is 9.95. The topological polar surface area (TPSA) is 32.8 Å². The van der Waals surface area contributed by atoms with Gasteiger partial charge in [-0.1, -0.05) is 30.3 Å². The Morgan fingerprint density at radius 1 is 1.15 bits per heavy atom. The lowest BCUT2D eigenvalue weighted by Gasteiger charge is -2.34. The Kier molecular flexibility index (Phi) is 6.15. The van der Waals surface area contributed by atoms with Crippen LogP contribution in [0.4, 0.5) is 0 Å². The first kappa shape index (κ1) is 18.7. The molecule has 0 aromatic heterocycles. The molecule has 1 fully saturated rings. The molecular formula is C22H30N2O2. The average molecular weight is 354 g/mol. The molecule has 1 saturated heterocycles. The van der Waals surface area contributed by atoms with Gasteiger partial charge < -0.3 is 9.64 Å². The largest absolute Gasteiger partial charge is 0.496 e. The van der Waals surface area contributed by atoms with Crippen molar-refractivity contribution in [3.05, 3.63) is 42.0 Å². The van der Waals surface area contributed by atoms with Gasteiger partial charge in [0.05, 0.1) is 13.0 Å². The molecule has 0 N–H and O–H groups in total. The van der Waals surface area contributed by atoms with Crippen molar-refractivity contribution >= 4 is 16.7 Å². The van der Waals surface area contributed by atoms with Crippen LogP contribution >= 0.6 is 0 Å². The molecule has 3 rings (SSSR count). The molecular weight excluding hydrogens is 324 g/mol. The van der Waals surface area contributed by atoms with E-state index >= 15 is 0 Å². The minimum Gasteiger partial charge on any atom is -0.496 e. The third-order valence-electron chi connectivity index (χ3n) is 5.52. The molecule has 1 amide bonds. The predicted octanol–water partition coefficient (Wildman–Crippen LogP) is 3.93. The summed E-state index contributed by atoms with van der Waals surface area (Å²) >= 11 is 0. The number of hydrogen-bond acceptors (Lipinski definition) is 3. The van der Waals surface area contributed by atoms with Crippen molar-refractivity contribution in [2.75, 3.05) is 33.3 Å². The second-order valence-corrected chi connectivity index (χ2v) is 7.06. The summed E-state index contributed by atoms with van der Waals surface area (Å²) in [6.07, 6.45) is 2.10. The van der Waals surface area contributed by atoms with Crippen LogP contribution in [-0.4, -0.2) is 49.0 Å². The summed E-state index contributed by atoms with van der Waals surface area (Å²) in [5.41, 5.74) is 1.30. The fraction of sp³-hybridized carbons (Fsp3) is 0.500. The van der Waals surface area contributed by atoms with Gasteiger partial charge in [0.1, 0.15) is 5.75 Å². The molecule has 140 valence electrons. The molecule has 1 heterocycles. The van der Waals surface area contributed by atoms with Crippen LogP contribution in [0.2, 0.25) is 0 Å². The molecule has 0 aliphatic carbocycles. The van der Waals surface area contributed by atoms with E-state index in [1.54, 1.807) is 7.11 Å². The number of methoxy groups -OCH3 is 1. The lowest BCUT2D eigenvalue weighted by molar-refractivity contribution is -0.137. The normalized spacial score (nSPS) is 18.0. The molecule has 0 spiro atoms. The Morgan fingerprint density at radius 3 is 2.58 bits per heavy atom. The third kappa shape index (κ3) is 3.85. The Labute approximate surface area is 156 Å². The maximum atomic E-state index is 12.7. The van der Waals surface area contributed by atoms with E-state index in [2.05, 4.69) is 49.1 Å². The summed E-state index contributed by atoms with van der Waals surface area (Å²) in [7, 11) is 1.72. The van der Waals surface area contributed by atoms with Gasteiger partial charge in [-0.05, 0) is 50.2 Å². The minimum atomic E-state index is 0.133. The molecule has 4 nitrogen and oxygen atoms in total. The van der Waals surface area contributed by atoms with Crippen molar-refractivity contribution in [3.63, 3.8) is 0 Å². The fourth-order valence-electron chi connectivity index (χ4n) is 4.08. The van der Waals surface area contributed by atoms with Crippen molar-refractivity contribution < 1.29 is 9.53 Å². The molecule has 1 atom stereocenters. The van der Waals surface area contributed by atoms with Crippen molar-refractivity contribution in [3.8, 4) is 5.75 Å². The fourth-order valence-corrected chi connectivity index (χ4v) is 4.08. The van der Waals surface area contributed by atoms with Crippen LogP contribution in [0.3, 0.4) is 0 Å². The predicted molar refractivity (Wildman–Crippen MR) is 106 cm³/mol. The number of rotatable bonds is 6. The maximum absolute atomic E-state index is 12.7. The van der Waals surface area contributed by atoms with Gasteiger partial charge in [0.2, 0.25) is 5.91 Å². The summed E-state index contributed by atoms with van der Waals surface area (Å²) in [4.78, 5) is 17.1. The van der Waals surface area contributed by atoms with Crippen LogP contribution in [0.5, 0.6) is 5.75 Å². The summed E-state index contributed by atoms with van der Waals surface area (Å²) in [5.74, 6) is 1.37. The van der Waals surface area contributed by atoms with E-state index in [1.165, 1.54) is 10.9 Å². The number of carbonyl (C=O) groups is 1. The highest BCUT2D eigenvalue weighted by Gasteiger charge is 2.28. The highest BCUT2D eigenvalue weighted by Crippen LogP contribution is 2.30. The number of benzene rings is 2. The Morgan fingerprint density at radius 2 is 1.88 bits per heavy atom. The number of likely N-dealkylation sites (tertiary alicyclic amines) is 1. The van der Waals surface area contributed by atoms with Crippen molar-refractivity contribution in [2.45, 2.75) is 33.2 Å². The second kappa shape index (κ2) is 8.54. The SMILES string of the molecule is CCN(CC)C(=O)C1CCCN(Cc2ccc(OC)c3ccccc23)C1. The molecule has 0 radical (unpaired) electrons. The van der Waals surface area contributed by atoms with Gasteiger partial charge >= 0.3 is 0 Å². The first-order valence-corrected chi connectivity index (χ1v) is 9.73. The number of ether oxygens (including phenoxy) is 1. The van der Waals surface area contributed by atoms with Gasteiger partial charge in [0.15, 0.2) is 0 Å². The quantitative estimate of drug-likeness (QED) is 0.788. The van der Waals surface area contributed by atoms with Crippen LogP contribution in [0, 0.1) is 5.92 Å². The van der Waals surface area contributed by atoms with Gasteiger partial charge in [0.25, 0.3) is 0 Å². The van der Waals surface area contributed by atoms with E-state index in [4.69, 9.17) is 4.74 Å². The number of carbonyl (C=O) groups excluding carboxylic acids is 1. The van der Waals surface area contributed by atoms with E-state index < -0.39 is 0 Å². The van der Waals surface area contributed by atoms with E-state index in [0.717, 1.165) is 56.7 Å². The number of nitrogens with zero attached hydrogens (tertiary/aromatic N) is 2. The number of hydrogen-bond donors (Lipinski definition) is 0. The summed E-state index contributed by atoms with van der Waals surface area (Å²) in [6, 6.07) is 12.6. The Balaban J connectivity index is 1.77. The molecule has 26 heavy (non-hydrogen) atoms. The van der Waals surface area contributed by atoms with Crippen LogP contribution in [0.1, 0.15) is 32.3 Å². The molecule has 1 aliphatic heterocycles. The third-order valence-corrected chi connectivity index (χ3v) is 5.52. The van der Waals surface area contributed by atoms with Crippen LogP contribution in [-0.2, 0) is 11.3 Å². The van der Waals surface area contributed by atoms with E-state index in [9.17, 15) is 4.79 Å². The zero-order chi connectivity index (χ0) is 18.5. The first-order valence-electron chi connectivity index (χ1n) is 9.73. The zero-order valence-electron chi connectivity index (χ0n) is 16.2. The summed E-state index contributed by atoms with van der Waals surface area (Å²) < 4.78 is 5.51. The maximum Gasteiger partial charge on any atom is 0.226 e. The van der Waals surface area contributed by atoms with Gasteiger partial charge in [-0.25, -0.2) is 0 Å². The van der Waals surface area contributed by atoms with Gasteiger partial charge in [-0.2, -0.15) is 0 Å². The molecule has 0 bridgehead atoms. The van der Waals surface area contributed by atoms with Gasteiger partial charge in [-0.3, -0.25) is 9.69 Å². The van der Waals surface area contributed by atoms with Gasteiger partial charge in [-0.15, -0.1) is 0 Å². The van der Waals surface area contributed by atoms with Crippen molar-refractivity contribution in [2.24, 2.45) is 5.92 Å².